The molecule has 200 valence electrons. The Morgan fingerprint density at radius 2 is 1.05 bits per heavy atom. The Kier molecular flexibility index (Phi) is 4.45. The summed E-state index contributed by atoms with van der Waals surface area (Å²) in [5, 5.41) is 10.3. The average molecular weight is 551 g/mol. The number of hydrogen-bond acceptors (Lipinski definition) is 3. The number of rotatable bonds is 2. The van der Waals surface area contributed by atoms with E-state index in [1.807, 2.05) is 24.3 Å². The van der Waals surface area contributed by atoms with Gasteiger partial charge in [0.2, 0.25) is 0 Å². The molecule has 0 amide bonds. The van der Waals surface area contributed by atoms with Crippen molar-refractivity contribution in [3.8, 4) is 22.3 Å². The van der Waals surface area contributed by atoms with E-state index in [2.05, 4.69) is 103 Å². The van der Waals surface area contributed by atoms with E-state index in [9.17, 15) is 0 Å². The molecule has 0 bridgehead atoms. The molecule has 0 atom stereocenters. The number of fused-ring (bicyclic) bond motifs is 10. The fraction of sp³-hybridized carbons (Fsp3) is 0. The van der Waals surface area contributed by atoms with Crippen LogP contribution in [0.15, 0.2) is 147 Å². The van der Waals surface area contributed by atoms with E-state index in [1.165, 1.54) is 38.2 Å². The van der Waals surface area contributed by atoms with Gasteiger partial charge in [-0.15, -0.1) is 0 Å². The predicted molar refractivity (Wildman–Crippen MR) is 177 cm³/mol. The third-order valence-electron chi connectivity index (χ3n) is 8.96. The highest BCUT2D eigenvalue weighted by Crippen LogP contribution is 2.47. The normalized spacial score (nSPS) is 12.2. The van der Waals surface area contributed by atoms with Gasteiger partial charge in [0, 0.05) is 21.5 Å². The van der Waals surface area contributed by atoms with Crippen LogP contribution in [-0.4, -0.2) is 0 Å². The second kappa shape index (κ2) is 8.37. The van der Waals surface area contributed by atoms with Crippen molar-refractivity contribution >= 4 is 76.4 Å². The molecular weight excluding hydrogens is 528 g/mol. The Bertz CT molecular complexity index is 2680. The standard InChI is InChI=1S/C40H22O3/c1-3-10-27-25(8-1)37(23-16-17-24-29-18-19-33-31(20-21-41-33)40(29)43-36(24)22-23)26-9-2-4-11-28(26)38(27)32-13-7-15-35-39(32)30-12-5-6-14-34(30)42-35/h1-22H. The highest BCUT2D eigenvalue weighted by molar-refractivity contribution is 6.26. The molecule has 3 heterocycles. The molecule has 3 nitrogen and oxygen atoms in total. The zero-order valence-electron chi connectivity index (χ0n) is 22.9. The fourth-order valence-electron chi connectivity index (χ4n) is 7.15. The van der Waals surface area contributed by atoms with E-state index < -0.39 is 0 Å². The van der Waals surface area contributed by atoms with Crippen molar-refractivity contribution in [3.05, 3.63) is 134 Å². The Labute approximate surface area is 245 Å². The first-order valence-electron chi connectivity index (χ1n) is 14.5. The molecule has 0 aliphatic heterocycles. The summed E-state index contributed by atoms with van der Waals surface area (Å²) in [6.07, 6.45) is 1.72. The van der Waals surface area contributed by atoms with Crippen LogP contribution in [-0.2, 0) is 0 Å². The van der Waals surface area contributed by atoms with Crippen molar-refractivity contribution in [3.63, 3.8) is 0 Å². The Morgan fingerprint density at radius 3 is 1.84 bits per heavy atom. The molecular formula is C40H22O3. The zero-order chi connectivity index (χ0) is 28.1. The summed E-state index contributed by atoms with van der Waals surface area (Å²) >= 11 is 0. The molecule has 0 aliphatic carbocycles. The molecule has 10 rings (SSSR count). The van der Waals surface area contributed by atoms with Crippen LogP contribution in [0.2, 0.25) is 0 Å². The summed E-state index contributed by atoms with van der Waals surface area (Å²) < 4.78 is 18.5. The van der Waals surface area contributed by atoms with Gasteiger partial charge in [-0.25, -0.2) is 0 Å². The molecule has 0 spiro atoms. The maximum atomic E-state index is 6.51. The minimum atomic E-state index is 0.833. The summed E-state index contributed by atoms with van der Waals surface area (Å²) in [5.41, 5.74) is 9.10. The van der Waals surface area contributed by atoms with Crippen molar-refractivity contribution < 1.29 is 13.3 Å². The number of para-hydroxylation sites is 1. The quantitative estimate of drug-likeness (QED) is 0.201. The number of hydrogen-bond donors (Lipinski definition) is 0. The molecule has 0 unspecified atom stereocenters. The van der Waals surface area contributed by atoms with E-state index in [0.29, 0.717) is 0 Å². The van der Waals surface area contributed by atoms with Crippen LogP contribution < -0.4 is 0 Å². The summed E-state index contributed by atoms with van der Waals surface area (Å²) in [6, 6.07) is 44.9. The van der Waals surface area contributed by atoms with Gasteiger partial charge in [0.1, 0.15) is 27.9 Å². The van der Waals surface area contributed by atoms with Gasteiger partial charge in [-0.2, -0.15) is 0 Å². The Balaban J connectivity index is 1.31. The first-order valence-corrected chi connectivity index (χ1v) is 14.5. The summed E-state index contributed by atoms with van der Waals surface area (Å²) in [5.74, 6) is 0. The molecule has 10 aromatic rings. The average Bonchev–Trinajstić information content (AvgIpc) is 3.78. The molecule has 0 radical (unpaired) electrons. The number of benzene rings is 7. The van der Waals surface area contributed by atoms with Crippen LogP contribution in [0.1, 0.15) is 0 Å². The van der Waals surface area contributed by atoms with Gasteiger partial charge < -0.3 is 13.3 Å². The molecule has 3 heteroatoms. The second-order valence-corrected chi connectivity index (χ2v) is 11.2. The van der Waals surface area contributed by atoms with Crippen molar-refractivity contribution in [2.45, 2.75) is 0 Å². The fourth-order valence-corrected chi connectivity index (χ4v) is 7.15. The van der Waals surface area contributed by atoms with Crippen molar-refractivity contribution in [1.82, 2.24) is 0 Å². The van der Waals surface area contributed by atoms with Gasteiger partial charge in [-0.05, 0) is 86.3 Å². The summed E-state index contributed by atoms with van der Waals surface area (Å²) in [7, 11) is 0. The monoisotopic (exact) mass is 550 g/mol. The molecule has 0 fully saturated rings. The lowest BCUT2D eigenvalue weighted by Crippen LogP contribution is -1.91. The highest BCUT2D eigenvalue weighted by atomic mass is 16.3. The molecule has 3 aromatic heterocycles. The third-order valence-corrected chi connectivity index (χ3v) is 8.96. The lowest BCUT2D eigenvalue weighted by Gasteiger charge is -2.18. The molecule has 0 N–H and O–H groups in total. The lowest BCUT2D eigenvalue weighted by molar-refractivity contribution is 0.615. The van der Waals surface area contributed by atoms with Crippen LogP contribution >= 0.6 is 0 Å². The SMILES string of the molecule is c1ccc2c(c1)oc1cccc(-c3c4ccccc4c(-c4ccc5c(c4)oc4c6ccoc6ccc54)c4ccccc34)c12. The van der Waals surface area contributed by atoms with Crippen molar-refractivity contribution in [2.24, 2.45) is 0 Å². The van der Waals surface area contributed by atoms with Gasteiger partial charge in [0.15, 0.2) is 0 Å². The largest absolute Gasteiger partial charge is 0.464 e. The zero-order valence-corrected chi connectivity index (χ0v) is 22.9. The summed E-state index contributed by atoms with van der Waals surface area (Å²) in [6.45, 7) is 0. The van der Waals surface area contributed by atoms with Gasteiger partial charge in [0.05, 0.1) is 11.6 Å². The van der Waals surface area contributed by atoms with E-state index in [-0.39, 0.29) is 0 Å². The summed E-state index contributed by atoms with van der Waals surface area (Å²) in [4.78, 5) is 0. The van der Waals surface area contributed by atoms with Crippen LogP contribution in [0.25, 0.3) is 98.6 Å². The molecule has 0 saturated heterocycles. The lowest BCUT2D eigenvalue weighted by atomic mass is 9.85. The molecule has 0 aliphatic rings. The minimum Gasteiger partial charge on any atom is -0.464 e. The van der Waals surface area contributed by atoms with E-state index in [4.69, 9.17) is 13.3 Å². The van der Waals surface area contributed by atoms with E-state index >= 15 is 0 Å². The second-order valence-electron chi connectivity index (χ2n) is 11.2. The van der Waals surface area contributed by atoms with Crippen LogP contribution in [0.4, 0.5) is 0 Å². The molecule has 43 heavy (non-hydrogen) atoms. The topological polar surface area (TPSA) is 39.4 Å². The van der Waals surface area contributed by atoms with E-state index in [0.717, 1.165) is 60.4 Å². The van der Waals surface area contributed by atoms with Crippen LogP contribution in [0.5, 0.6) is 0 Å². The third kappa shape index (κ3) is 3.08. The van der Waals surface area contributed by atoms with Crippen LogP contribution in [0.3, 0.4) is 0 Å². The van der Waals surface area contributed by atoms with Gasteiger partial charge in [0.25, 0.3) is 0 Å². The van der Waals surface area contributed by atoms with Gasteiger partial charge in [-0.3, -0.25) is 0 Å². The highest BCUT2D eigenvalue weighted by Gasteiger charge is 2.21. The molecule has 0 saturated carbocycles. The smallest absolute Gasteiger partial charge is 0.146 e. The van der Waals surface area contributed by atoms with Crippen LogP contribution in [0, 0.1) is 0 Å². The maximum absolute atomic E-state index is 6.51. The molecule has 7 aromatic carbocycles. The van der Waals surface area contributed by atoms with Crippen molar-refractivity contribution in [1.29, 1.82) is 0 Å². The Morgan fingerprint density at radius 1 is 0.372 bits per heavy atom. The Hall–Kier alpha value is -5.80. The number of furan rings is 3. The minimum absolute atomic E-state index is 0.833. The first-order chi connectivity index (χ1) is 21.3. The van der Waals surface area contributed by atoms with E-state index in [1.54, 1.807) is 6.26 Å². The first kappa shape index (κ1) is 22.8. The predicted octanol–water partition coefficient (Wildman–Crippen LogP) is 11.9. The maximum Gasteiger partial charge on any atom is 0.146 e. The van der Waals surface area contributed by atoms with Crippen molar-refractivity contribution in [2.75, 3.05) is 0 Å². The van der Waals surface area contributed by atoms with Gasteiger partial charge in [-0.1, -0.05) is 84.9 Å². The van der Waals surface area contributed by atoms with Gasteiger partial charge >= 0.3 is 0 Å².